The first-order chi connectivity index (χ1) is 13.3. The van der Waals surface area contributed by atoms with Crippen LogP contribution in [0.25, 0.3) is 0 Å². The van der Waals surface area contributed by atoms with E-state index in [9.17, 15) is 14.9 Å². The molecule has 1 saturated heterocycles. The molecule has 0 aliphatic carbocycles. The van der Waals surface area contributed by atoms with Crippen LogP contribution in [-0.4, -0.2) is 38.8 Å². The number of nitrogens with zero attached hydrogens (tertiary/aromatic N) is 3. The Bertz CT molecular complexity index is 890. The van der Waals surface area contributed by atoms with Crippen molar-refractivity contribution in [2.24, 2.45) is 0 Å². The highest BCUT2D eigenvalue weighted by atomic mass is 32.2. The van der Waals surface area contributed by atoms with E-state index in [4.69, 9.17) is 4.74 Å². The van der Waals surface area contributed by atoms with Crippen molar-refractivity contribution in [1.29, 1.82) is 0 Å². The third-order valence-electron chi connectivity index (χ3n) is 4.87. The lowest BCUT2D eigenvalue weighted by Crippen LogP contribution is -2.18. The summed E-state index contributed by atoms with van der Waals surface area (Å²) in [4.78, 5) is 27.5. The number of aryl methyl sites for hydroxylation is 2. The number of imidazole rings is 1. The van der Waals surface area contributed by atoms with Crippen molar-refractivity contribution < 1.29 is 14.5 Å². The second-order valence-electron chi connectivity index (χ2n) is 6.90. The fourth-order valence-corrected chi connectivity index (χ4v) is 4.02. The first-order valence-electron chi connectivity index (χ1n) is 9.18. The van der Waals surface area contributed by atoms with Gasteiger partial charge in [0, 0.05) is 24.4 Å². The Morgan fingerprint density at radius 1 is 1.43 bits per heavy atom. The number of hydrogen-bond acceptors (Lipinski definition) is 6. The van der Waals surface area contributed by atoms with Crippen molar-refractivity contribution in [2.45, 2.75) is 51.4 Å². The van der Waals surface area contributed by atoms with E-state index in [2.05, 4.69) is 14.9 Å². The standard InChI is InChI=1S/C19H24N4O4S/c1-12-6-7-15(23(25)26)9-17(12)21-18(24)11-28-19-20-13(2)14(3)22(19)10-16-5-4-8-27-16/h6-7,9,16H,4-5,8,10-11H2,1-3H3,(H,21,24)/t16-/m0/s1. The molecule has 1 fully saturated rings. The van der Waals surface area contributed by atoms with Crippen LogP contribution in [0, 0.1) is 30.9 Å². The monoisotopic (exact) mass is 404 g/mol. The maximum Gasteiger partial charge on any atom is 0.271 e. The predicted octanol–water partition coefficient (Wildman–Crippen LogP) is 3.63. The second kappa shape index (κ2) is 8.74. The van der Waals surface area contributed by atoms with Crippen LogP contribution in [0.1, 0.15) is 29.8 Å². The fraction of sp³-hybridized carbons (Fsp3) is 0.474. The van der Waals surface area contributed by atoms with Gasteiger partial charge in [-0.3, -0.25) is 14.9 Å². The van der Waals surface area contributed by atoms with Gasteiger partial charge in [0.05, 0.1) is 34.7 Å². The predicted molar refractivity (Wildman–Crippen MR) is 108 cm³/mol. The summed E-state index contributed by atoms with van der Waals surface area (Å²) in [7, 11) is 0. The summed E-state index contributed by atoms with van der Waals surface area (Å²) < 4.78 is 7.85. The number of carbonyl (C=O) groups excluding carboxylic acids is 1. The highest BCUT2D eigenvalue weighted by Crippen LogP contribution is 2.25. The molecule has 1 aromatic heterocycles. The third-order valence-corrected chi connectivity index (χ3v) is 5.85. The lowest BCUT2D eigenvalue weighted by atomic mass is 10.2. The van der Waals surface area contributed by atoms with E-state index in [0.717, 1.165) is 48.1 Å². The van der Waals surface area contributed by atoms with Crippen molar-refractivity contribution in [3.8, 4) is 0 Å². The Morgan fingerprint density at radius 2 is 2.21 bits per heavy atom. The van der Waals surface area contributed by atoms with Crippen LogP contribution in [0.15, 0.2) is 23.4 Å². The first-order valence-corrected chi connectivity index (χ1v) is 10.2. The third kappa shape index (κ3) is 4.71. The minimum atomic E-state index is -0.475. The van der Waals surface area contributed by atoms with Gasteiger partial charge in [0.2, 0.25) is 5.91 Å². The molecule has 2 heterocycles. The van der Waals surface area contributed by atoms with E-state index in [0.29, 0.717) is 5.69 Å². The van der Waals surface area contributed by atoms with Gasteiger partial charge in [-0.15, -0.1) is 0 Å². The second-order valence-corrected chi connectivity index (χ2v) is 7.85. The molecule has 3 rings (SSSR count). The van der Waals surface area contributed by atoms with Crippen molar-refractivity contribution in [1.82, 2.24) is 9.55 Å². The van der Waals surface area contributed by atoms with Crippen LogP contribution in [-0.2, 0) is 16.1 Å². The Kier molecular flexibility index (Phi) is 6.35. The fourth-order valence-electron chi connectivity index (χ4n) is 3.12. The Labute approximate surface area is 167 Å². The van der Waals surface area contributed by atoms with Crippen LogP contribution < -0.4 is 5.32 Å². The number of hydrogen-bond donors (Lipinski definition) is 1. The largest absolute Gasteiger partial charge is 0.376 e. The summed E-state index contributed by atoms with van der Waals surface area (Å²) >= 11 is 1.36. The van der Waals surface area contributed by atoms with E-state index in [1.807, 2.05) is 13.8 Å². The number of carbonyl (C=O) groups is 1. The summed E-state index contributed by atoms with van der Waals surface area (Å²) in [5, 5.41) is 14.5. The number of nitro groups is 1. The van der Waals surface area contributed by atoms with Crippen molar-refractivity contribution in [2.75, 3.05) is 17.7 Å². The van der Waals surface area contributed by atoms with Crippen molar-refractivity contribution in [3.05, 3.63) is 45.3 Å². The zero-order valence-corrected chi connectivity index (χ0v) is 17.0. The summed E-state index contributed by atoms with van der Waals surface area (Å²) in [6.45, 7) is 7.31. The average Bonchev–Trinajstić information content (AvgIpc) is 3.25. The molecule has 0 saturated carbocycles. The summed E-state index contributed by atoms with van der Waals surface area (Å²) in [5.74, 6) is -0.0561. The van der Waals surface area contributed by atoms with Crippen molar-refractivity contribution in [3.63, 3.8) is 0 Å². The highest BCUT2D eigenvalue weighted by Gasteiger charge is 2.21. The molecule has 0 spiro atoms. The SMILES string of the molecule is Cc1ccc([N+](=O)[O-])cc1NC(=O)CSc1nc(C)c(C)n1C[C@@H]1CCCO1. The summed E-state index contributed by atoms with van der Waals surface area (Å²) in [6.07, 6.45) is 2.30. The number of rotatable bonds is 7. The smallest absolute Gasteiger partial charge is 0.271 e. The zero-order chi connectivity index (χ0) is 20.3. The number of anilines is 1. The van der Waals surface area contributed by atoms with Gasteiger partial charge in [-0.05, 0) is 39.2 Å². The highest BCUT2D eigenvalue weighted by molar-refractivity contribution is 7.99. The first kappa shape index (κ1) is 20.3. The quantitative estimate of drug-likeness (QED) is 0.430. The molecular formula is C19H24N4O4S. The molecule has 1 N–H and O–H groups in total. The van der Waals surface area contributed by atoms with Gasteiger partial charge in [-0.2, -0.15) is 0 Å². The lowest BCUT2D eigenvalue weighted by molar-refractivity contribution is -0.384. The van der Waals surface area contributed by atoms with E-state index >= 15 is 0 Å². The molecule has 0 unspecified atom stereocenters. The topological polar surface area (TPSA) is 99.3 Å². The molecule has 1 aromatic carbocycles. The number of non-ortho nitro benzene ring substituents is 1. The van der Waals surface area contributed by atoms with Gasteiger partial charge in [0.25, 0.3) is 5.69 Å². The Morgan fingerprint density at radius 3 is 2.89 bits per heavy atom. The maximum atomic E-state index is 12.4. The summed E-state index contributed by atoms with van der Waals surface area (Å²) in [5.41, 5.74) is 3.20. The number of amides is 1. The Hall–Kier alpha value is -2.39. The number of aromatic nitrogens is 2. The van der Waals surface area contributed by atoms with Crippen LogP contribution in [0.5, 0.6) is 0 Å². The van der Waals surface area contributed by atoms with Crippen LogP contribution in [0.4, 0.5) is 11.4 Å². The molecule has 1 amide bonds. The van der Waals surface area contributed by atoms with E-state index in [1.165, 1.54) is 23.9 Å². The molecule has 2 aromatic rings. The number of nitro benzene ring substituents is 1. The molecule has 0 bridgehead atoms. The number of benzene rings is 1. The molecule has 150 valence electrons. The molecule has 1 atom stereocenters. The van der Waals surface area contributed by atoms with Gasteiger partial charge < -0.3 is 14.6 Å². The van der Waals surface area contributed by atoms with E-state index < -0.39 is 4.92 Å². The average molecular weight is 404 g/mol. The molecular weight excluding hydrogens is 380 g/mol. The van der Waals surface area contributed by atoms with Gasteiger partial charge in [0.15, 0.2) is 5.16 Å². The van der Waals surface area contributed by atoms with Crippen LogP contribution in [0.3, 0.4) is 0 Å². The molecule has 1 aliphatic heterocycles. The van der Waals surface area contributed by atoms with Gasteiger partial charge in [-0.25, -0.2) is 4.98 Å². The zero-order valence-electron chi connectivity index (χ0n) is 16.2. The van der Waals surface area contributed by atoms with Gasteiger partial charge >= 0.3 is 0 Å². The molecule has 28 heavy (non-hydrogen) atoms. The number of thioether (sulfide) groups is 1. The minimum absolute atomic E-state index is 0.0492. The van der Waals surface area contributed by atoms with Gasteiger partial charge in [0.1, 0.15) is 0 Å². The molecule has 8 nitrogen and oxygen atoms in total. The molecule has 0 radical (unpaired) electrons. The van der Waals surface area contributed by atoms with E-state index in [1.54, 1.807) is 13.0 Å². The lowest BCUT2D eigenvalue weighted by Gasteiger charge is -2.14. The van der Waals surface area contributed by atoms with E-state index in [-0.39, 0.29) is 23.5 Å². The van der Waals surface area contributed by atoms with Crippen LogP contribution >= 0.6 is 11.8 Å². The molecule has 9 heteroatoms. The van der Waals surface area contributed by atoms with Crippen LogP contribution in [0.2, 0.25) is 0 Å². The number of ether oxygens (including phenoxy) is 1. The Balaban J connectivity index is 1.65. The minimum Gasteiger partial charge on any atom is -0.376 e. The maximum absolute atomic E-state index is 12.4. The normalized spacial score (nSPS) is 16.3. The number of nitrogens with one attached hydrogen (secondary N) is 1. The van der Waals surface area contributed by atoms with Crippen molar-refractivity contribution >= 4 is 29.0 Å². The molecule has 1 aliphatic rings. The summed E-state index contributed by atoms with van der Waals surface area (Å²) in [6, 6.07) is 4.43. The van der Waals surface area contributed by atoms with Gasteiger partial charge in [-0.1, -0.05) is 17.8 Å².